The summed E-state index contributed by atoms with van der Waals surface area (Å²) < 4.78 is 22.8. The molecular weight excluding hydrogens is 875 g/mol. The van der Waals surface area contributed by atoms with E-state index >= 15 is 0 Å². The van der Waals surface area contributed by atoms with E-state index in [1.807, 2.05) is 21.1 Å². The fraction of sp³-hybridized carbons (Fsp3) is 0.721. The molecule has 0 spiro atoms. The van der Waals surface area contributed by atoms with Gasteiger partial charge in [-0.15, -0.1) is 0 Å². The van der Waals surface area contributed by atoms with Crippen LogP contribution in [0.25, 0.3) is 0 Å². The first kappa shape index (κ1) is 66.5. The Labute approximate surface area is 430 Å². The first-order valence-corrected chi connectivity index (χ1v) is 28.3. The first-order chi connectivity index (χ1) is 34.1. The van der Waals surface area contributed by atoms with Crippen molar-refractivity contribution in [3.05, 3.63) is 85.1 Å². The maximum absolute atomic E-state index is 12.9. The van der Waals surface area contributed by atoms with Crippen LogP contribution in [-0.2, 0) is 33.3 Å². The molecule has 1 N–H and O–H groups in total. The van der Waals surface area contributed by atoms with Crippen LogP contribution in [0, 0.1) is 0 Å². The molecule has 0 aromatic heterocycles. The Kier molecular flexibility index (Phi) is 49.2. The molecule has 9 heteroatoms. The lowest BCUT2D eigenvalue weighted by molar-refractivity contribution is -0.870. The highest BCUT2D eigenvalue weighted by Gasteiger charge is 2.25. The van der Waals surface area contributed by atoms with Crippen LogP contribution in [0.15, 0.2) is 85.1 Å². The Morgan fingerprint density at radius 2 is 0.814 bits per heavy atom. The minimum atomic E-state index is -1.52. The molecule has 2 unspecified atom stereocenters. The predicted molar refractivity (Wildman–Crippen MR) is 295 cm³/mol. The van der Waals surface area contributed by atoms with Crippen molar-refractivity contribution in [2.24, 2.45) is 0 Å². The predicted octanol–water partition coefficient (Wildman–Crippen LogP) is 16.4. The number of aliphatic carboxylic acids is 1. The zero-order valence-electron chi connectivity index (χ0n) is 45.7. The monoisotopic (exact) mass is 981 g/mol. The Bertz CT molecular complexity index is 1420. The van der Waals surface area contributed by atoms with E-state index in [9.17, 15) is 19.5 Å². The van der Waals surface area contributed by atoms with Crippen molar-refractivity contribution < 1.29 is 42.9 Å². The topological polar surface area (TPSA) is 108 Å². The number of quaternary nitrogens is 1. The van der Waals surface area contributed by atoms with Gasteiger partial charge in [0.1, 0.15) is 13.2 Å². The summed E-state index contributed by atoms with van der Waals surface area (Å²) in [5, 5.41) is 9.68. The molecule has 0 saturated carbocycles. The standard InChI is InChI=1S/C61H105NO8/c1-6-8-10-12-14-16-18-20-22-23-24-25-26-27-28-29-30-31-32-33-34-35-36-37-38-40-42-44-46-48-50-52-59(64)70-57(56-69-61(60(65)66)67-54-53-62(3,4)5)55-68-58(63)51-49-47-45-43-41-39-21-19-17-15-13-11-9-7-2/h8,10,13-16,19-22,24-25,27-28,57,61H,6-7,9,11-12,17-18,23,26,29-56H2,1-5H3/p+1/b10-8-,15-13-,16-14-,21-19-,22-20-,25-24-,28-27-. The van der Waals surface area contributed by atoms with E-state index in [0.717, 1.165) is 96.3 Å². The Morgan fingerprint density at radius 1 is 0.443 bits per heavy atom. The number of hydrogen-bond donors (Lipinski definition) is 1. The molecule has 9 nitrogen and oxygen atoms in total. The third-order valence-corrected chi connectivity index (χ3v) is 11.9. The van der Waals surface area contributed by atoms with Crippen LogP contribution in [0.5, 0.6) is 0 Å². The van der Waals surface area contributed by atoms with Crippen LogP contribution < -0.4 is 0 Å². The van der Waals surface area contributed by atoms with Gasteiger partial charge in [0, 0.05) is 12.8 Å². The number of hydrogen-bond acceptors (Lipinski definition) is 7. The van der Waals surface area contributed by atoms with E-state index in [-0.39, 0.29) is 38.6 Å². The highest BCUT2D eigenvalue weighted by molar-refractivity contribution is 5.71. The maximum Gasteiger partial charge on any atom is 0.361 e. The first-order valence-electron chi connectivity index (χ1n) is 28.3. The third kappa shape index (κ3) is 52.3. The zero-order chi connectivity index (χ0) is 51.3. The van der Waals surface area contributed by atoms with Gasteiger partial charge in [0.15, 0.2) is 6.10 Å². The van der Waals surface area contributed by atoms with Crippen molar-refractivity contribution >= 4 is 17.9 Å². The summed E-state index contributed by atoms with van der Waals surface area (Å²) in [6.07, 6.45) is 65.2. The van der Waals surface area contributed by atoms with Gasteiger partial charge in [-0.1, -0.05) is 214 Å². The highest BCUT2D eigenvalue weighted by Crippen LogP contribution is 2.16. The molecule has 70 heavy (non-hydrogen) atoms. The summed E-state index contributed by atoms with van der Waals surface area (Å²) in [6, 6.07) is 0. The van der Waals surface area contributed by atoms with Gasteiger partial charge in [-0.3, -0.25) is 9.59 Å². The fourth-order valence-corrected chi connectivity index (χ4v) is 7.53. The minimum absolute atomic E-state index is 0.183. The van der Waals surface area contributed by atoms with Crippen molar-refractivity contribution in [1.29, 1.82) is 0 Å². The summed E-state index contributed by atoms with van der Waals surface area (Å²) >= 11 is 0. The van der Waals surface area contributed by atoms with Crippen molar-refractivity contribution in [3.63, 3.8) is 0 Å². The number of carboxylic acids is 1. The van der Waals surface area contributed by atoms with Crippen LogP contribution in [0.3, 0.4) is 0 Å². The van der Waals surface area contributed by atoms with Crippen molar-refractivity contribution in [3.8, 4) is 0 Å². The van der Waals surface area contributed by atoms with Gasteiger partial charge in [-0.05, 0) is 83.5 Å². The van der Waals surface area contributed by atoms with Crippen LogP contribution in [0.4, 0.5) is 0 Å². The molecule has 2 atom stereocenters. The number of rotatable bonds is 51. The lowest BCUT2D eigenvalue weighted by Crippen LogP contribution is -2.40. The van der Waals surface area contributed by atoms with Gasteiger partial charge in [-0.25, -0.2) is 4.79 Å². The molecular formula is C61H106NO8+. The molecule has 0 rings (SSSR count). The average molecular weight is 982 g/mol. The largest absolute Gasteiger partial charge is 0.477 e. The van der Waals surface area contributed by atoms with Crippen molar-refractivity contribution in [2.45, 2.75) is 238 Å². The van der Waals surface area contributed by atoms with Gasteiger partial charge < -0.3 is 28.5 Å². The number of carboxylic acid groups (broad SMARTS) is 1. The number of carbonyl (C=O) groups excluding carboxylic acids is 2. The molecule has 0 aromatic carbocycles. The van der Waals surface area contributed by atoms with Crippen molar-refractivity contribution in [1.82, 2.24) is 0 Å². The Hall–Kier alpha value is -3.53. The number of carbonyl (C=O) groups is 3. The molecule has 0 saturated heterocycles. The summed E-state index contributed by atoms with van der Waals surface area (Å²) in [4.78, 5) is 37.3. The lowest BCUT2D eigenvalue weighted by atomic mass is 10.0. The smallest absolute Gasteiger partial charge is 0.361 e. The average Bonchev–Trinajstić information content (AvgIpc) is 3.33. The van der Waals surface area contributed by atoms with Crippen molar-refractivity contribution in [2.75, 3.05) is 47.5 Å². The van der Waals surface area contributed by atoms with Crippen LogP contribution in [0.2, 0.25) is 0 Å². The second-order valence-corrected chi connectivity index (χ2v) is 19.9. The third-order valence-electron chi connectivity index (χ3n) is 11.9. The molecule has 0 amide bonds. The summed E-state index contributed by atoms with van der Waals surface area (Å²) in [7, 11) is 5.96. The second-order valence-electron chi connectivity index (χ2n) is 19.9. The normalized spacial score (nSPS) is 13.4. The highest BCUT2D eigenvalue weighted by atomic mass is 16.7. The number of unbranched alkanes of at least 4 members (excludes halogenated alkanes) is 22. The van der Waals surface area contributed by atoms with E-state index in [4.69, 9.17) is 18.9 Å². The summed E-state index contributed by atoms with van der Waals surface area (Å²) in [5.41, 5.74) is 0. The fourth-order valence-electron chi connectivity index (χ4n) is 7.53. The number of allylic oxidation sites excluding steroid dienone is 14. The van der Waals surface area contributed by atoms with E-state index < -0.39 is 24.3 Å². The Morgan fingerprint density at radius 3 is 1.21 bits per heavy atom. The van der Waals surface area contributed by atoms with Crippen LogP contribution in [-0.4, -0.2) is 87.4 Å². The number of likely N-dealkylation sites (N-methyl/N-ethyl adjacent to an activating group) is 1. The molecule has 0 bridgehead atoms. The molecule has 0 aromatic rings. The number of esters is 2. The van der Waals surface area contributed by atoms with E-state index in [1.165, 1.54) is 96.3 Å². The molecule has 0 radical (unpaired) electrons. The Balaban J connectivity index is 4.17. The number of ether oxygens (including phenoxy) is 4. The van der Waals surface area contributed by atoms with Crippen LogP contribution >= 0.6 is 0 Å². The second kappa shape index (κ2) is 51.8. The zero-order valence-corrected chi connectivity index (χ0v) is 45.7. The number of nitrogens with zero attached hydrogens (tertiary/aromatic N) is 1. The molecule has 0 aliphatic rings. The van der Waals surface area contributed by atoms with E-state index in [2.05, 4.69) is 98.9 Å². The quantitative estimate of drug-likeness (QED) is 0.0211. The van der Waals surface area contributed by atoms with Crippen LogP contribution in [0.1, 0.15) is 226 Å². The van der Waals surface area contributed by atoms with Gasteiger partial charge in [-0.2, -0.15) is 0 Å². The summed E-state index contributed by atoms with van der Waals surface area (Å²) in [5.74, 6) is -2.03. The van der Waals surface area contributed by atoms with E-state index in [1.54, 1.807) is 0 Å². The summed E-state index contributed by atoms with van der Waals surface area (Å²) in [6.45, 7) is 4.70. The molecule has 0 aliphatic heterocycles. The minimum Gasteiger partial charge on any atom is -0.477 e. The molecule has 0 fully saturated rings. The van der Waals surface area contributed by atoms with E-state index in [0.29, 0.717) is 17.4 Å². The van der Waals surface area contributed by atoms with Gasteiger partial charge in [0.2, 0.25) is 0 Å². The maximum atomic E-state index is 12.9. The molecule has 0 heterocycles. The van der Waals surface area contributed by atoms with Gasteiger partial charge in [0.25, 0.3) is 6.29 Å². The lowest BCUT2D eigenvalue weighted by Gasteiger charge is -2.25. The molecule has 402 valence electrons. The molecule has 0 aliphatic carbocycles. The van der Waals surface area contributed by atoms with Gasteiger partial charge >= 0.3 is 17.9 Å². The van der Waals surface area contributed by atoms with Gasteiger partial charge in [0.05, 0.1) is 34.4 Å². The SMILES string of the molecule is CC/C=C\C/C=C\C/C=C\C/C=C\C/C=C\CCCCCCCCCCCCCCCCCC(=O)OC(COC(=O)CCCCCCC/C=C\C/C=C\CCCC)COC(OCC[N+](C)(C)C)C(=O)O.